The molecule has 0 saturated carbocycles. The highest BCUT2D eigenvalue weighted by molar-refractivity contribution is 6.32. The molecule has 1 aromatic heterocycles. The van der Waals surface area contributed by atoms with Gasteiger partial charge in [0.15, 0.2) is 5.69 Å². The van der Waals surface area contributed by atoms with E-state index in [4.69, 9.17) is 11.6 Å². The smallest absolute Gasteiger partial charge is 0.340 e. The van der Waals surface area contributed by atoms with Crippen molar-refractivity contribution in [3.05, 3.63) is 16.4 Å². The van der Waals surface area contributed by atoms with Crippen molar-refractivity contribution in [2.24, 2.45) is 11.8 Å². The molecule has 1 aromatic rings. The third-order valence-corrected chi connectivity index (χ3v) is 4.88. The Morgan fingerprint density at radius 3 is 2.45 bits per heavy atom. The lowest BCUT2D eigenvalue weighted by Gasteiger charge is -2.17. The first kappa shape index (κ1) is 15.6. The molecule has 9 heteroatoms. The lowest BCUT2D eigenvalue weighted by molar-refractivity contribution is -0.142. The van der Waals surface area contributed by atoms with Crippen molar-refractivity contribution >= 4 is 17.5 Å². The van der Waals surface area contributed by atoms with Crippen molar-refractivity contribution < 1.29 is 18.0 Å². The van der Waals surface area contributed by atoms with Gasteiger partial charge in [0.05, 0.1) is 10.7 Å². The quantitative estimate of drug-likeness (QED) is 0.891. The highest BCUT2D eigenvalue weighted by Gasteiger charge is 2.40. The molecule has 2 atom stereocenters. The van der Waals surface area contributed by atoms with Crippen LogP contribution in [0.5, 0.6) is 0 Å². The maximum Gasteiger partial charge on any atom is 0.436 e. The van der Waals surface area contributed by atoms with Crippen molar-refractivity contribution in [3.8, 4) is 0 Å². The molecule has 1 amide bonds. The molecular weight excluding hydrogens is 321 g/mol. The van der Waals surface area contributed by atoms with E-state index in [9.17, 15) is 18.0 Å². The van der Waals surface area contributed by atoms with Crippen molar-refractivity contribution in [2.45, 2.75) is 19.6 Å². The van der Waals surface area contributed by atoms with Gasteiger partial charge in [0.2, 0.25) is 5.91 Å². The maximum absolute atomic E-state index is 12.8. The molecule has 2 fully saturated rings. The molecule has 3 heterocycles. The molecule has 5 nitrogen and oxygen atoms in total. The fourth-order valence-electron chi connectivity index (χ4n) is 3.15. The van der Waals surface area contributed by atoms with Crippen molar-refractivity contribution in [3.63, 3.8) is 0 Å². The number of nitrogens with zero attached hydrogens (tertiary/aromatic N) is 3. The van der Waals surface area contributed by atoms with Gasteiger partial charge in [0.1, 0.15) is 6.54 Å². The summed E-state index contributed by atoms with van der Waals surface area (Å²) in [7, 11) is 0. The first-order valence-electron chi connectivity index (χ1n) is 7.06. The maximum atomic E-state index is 12.8. The predicted molar refractivity (Wildman–Crippen MR) is 73.4 cm³/mol. The van der Waals surface area contributed by atoms with E-state index in [0.29, 0.717) is 24.9 Å². The predicted octanol–water partition coefficient (Wildman–Crippen LogP) is 1.54. The van der Waals surface area contributed by atoms with Crippen molar-refractivity contribution in [1.82, 2.24) is 20.0 Å². The van der Waals surface area contributed by atoms with Crippen molar-refractivity contribution in [2.75, 3.05) is 26.2 Å². The molecule has 0 bridgehead atoms. The third kappa shape index (κ3) is 2.69. The number of hydrogen-bond acceptors (Lipinski definition) is 3. The van der Waals surface area contributed by atoms with E-state index in [1.165, 1.54) is 6.92 Å². The summed E-state index contributed by atoms with van der Waals surface area (Å²) in [5.74, 6) is 0.666. The zero-order chi connectivity index (χ0) is 16.1. The standard InChI is InChI=1S/C13H16ClF3N4O/c1-7-11(14)12(13(15,16)17)19-21(7)6-10(22)20-4-8-2-18-3-9(8)5-20/h8-9,18H,2-6H2,1H3. The molecule has 2 aliphatic rings. The van der Waals surface area contributed by atoms with Crippen LogP contribution in [0.1, 0.15) is 11.4 Å². The molecule has 2 unspecified atom stereocenters. The van der Waals surface area contributed by atoms with E-state index >= 15 is 0 Å². The van der Waals surface area contributed by atoms with Crippen LogP contribution in [0, 0.1) is 18.8 Å². The number of hydrogen-bond donors (Lipinski definition) is 1. The molecule has 0 radical (unpaired) electrons. The molecule has 22 heavy (non-hydrogen) atoms. The van der Waals surface area contributed by atoms with Crippen LogP contribution < -0.4 is 5.32 Å². The first-order valence-corrected chi connectivity index (χ1v) is 7.43. The normalized spacial score (nSPS) is 24.9. The Morgan fingerprint density at radius 2 is 1.95 bits per heavy atom. The van der Waals surface area contributed by atoms with Crippen LogP contribution in [0.4, 0.5) is 13.2 Å². The summed E-state index contributed by atoms with van der Waals surface area (Å²) in [6.07, 6.45) is -4.62. The molecule has 0 aromatic carbocycles. The van der Waals surface area contributed by atoms with Crippen LogP contribution in [0.25, 0.3) is 0 Å². The number of fused-ring (bicyclic) bond motifs is 1. The number of alkyl halides is 3. The minimum absolute atomic E-state index is 0.156. The second-order valence-electron chi connectivity index (χ2n) is 5.88. The first-order chi connectivity index (χ1) is 10.3. The summed E-state index contributed by atoms with van der Waals surface area (Å²) in [5.41, 5.74) is -0.981. The Hall–Kier alpha value is -1.28. The number of aromatic nitrogens is 2. The molecule has 2 aliphatic heterocycles. The van der Waals surface area contributed by atoms with Gasteiger partial charge in [0, 0.05) is 26.2 Å². The SMILES string of the molecule is Cc1c(Cl)c(C(F)(F)F)nn1CC(=O)N1CC2CNCC2C1. The zero-order valence-electron chi connectivity index (χ0n) is 12.0. The summed E-state index contributed by atoms with van der Waals surface area (Å²) in [5, 5.41) is 6.29. The summed E-state index contributed by atoms with van der Waals surface area (Å²) >= 11 is 5.68. The monoisotopic (exact) mass is 336 g/mol. The number of rotatable bonds is 2. The molecule has 2 saturated heterocycles. The number of amides is 1. The largest absolute Gasteiger partial charge is 0.436 e. The summed E-state index contributed by atoms with van der Waals surface area (Å²) in [6, 6.07) is 0. The highest BCUT2D eigenvalue weighted by Crippen LogP contribution is 2.35. The molecule has 3 rings (SSSR count). The van der Waals surface area contributed by atoms with Gasteiger partial charge in [-0.15, -0.1) is 0 Å². The van der Waals surface area contributed by atoms with Gasteiger partial charge >= 0.3 is 6.18 Å². The lowest BCUT2D eigenvalue weighted by atomic mass is 10.0. The Bertz CT molecular complexity index is 589. The average molecular weight is 337 g/mol. The van der Waals surface area contributed by atoms with Crippen LogP contribution in [0.2, 0.25) is 5.02 Å². The Labute approximate surface area is 130 Å². The van der Waals surface area contributed by atoms with Crippen molar-refractivity contribution in [1.29, 1.82) is 0 Å². The summed E-state index contributed by atoms with van der Waals surface area (Å²) in [4.78, 5) is 14.0. The fraction of sp³-hybridized carbons (Fsp3) is 0.692. The van der Waals surface area contributed by atoms with Gasteiger partial charge in [-0.3, -0.25) is 9.48 Å². The average Bonchev–Trinajstić information content (AvgIpc) is 3.06. The zero-order valence-corrected chi connectivity index (χ0v) is 12.7. The van der Waals surface area contributed by atoms with Crippen LogP contribution in [0.3, 0.4) is 0 Å². The summed E-state index contributed by atoms with van der Waals surface area (Å²) < 4.78 is 39.4. The fourth-order valence-corrected chi connectivity index (χ4v) is 3.39. The Morgan fingerprint density at radius 1 is 1.36 bits per heavy atom. The van der Waals surface area contributed by atoms with Gasteiger partial charge in [-0.05, 0) is 18.8 Å². The van der Waals surface area contributed by atoms with E-state index < -0.39 is 16.9 Å². The van der Waals surface area contributed by atoms with Crippen LogP contribution in [-0.4, -0.2) is 46.8 Å². The molecule has 0 aliphatic carbocycles. The minimum Gasteiger partial charge on any atom is -0.340 e. The molecular formula is C13H16ClF3N4O. The lowest BCUT2D eigenvalue weighted by Crippen LogP contribution is -2.34. The van der Waals surface area contributed by atoms with Gasteiger partial charge in [-0.2, -0.15) is 18.3 Å². The Kier molecular flexibility index (Phi) is 3.84. The van der Waals surface area contributed by atoms with E-state index in [1.807, 2.05) is 0 Å². The second-order valence-corrected chi connectivity index (χ2v) is 6.26. The van der Waals surface area contributed by atoms with Gasteiger partial charge in [0.25, 0.3) is 0 Å². The number of halogens is 4. The number of carbonyl (C=O) groups excluding carboxylic acids is 1. The molecule has 122 valence electrons. The van der Waals surface area contributed by atoms with E-state index in [2.05, 4.69) is 10.4 Å². The van der Waals surface area contributed by atoms with Gasteiger partial charge < -0.3 is 10.2 Å². The van der Waals surface area contributed by atoms with Gasteiger partial charge in [-0.25, -0.2) is 0 Å². The summed E-state index contributed by atoms with van der Waals surface area (Å²) in [6.45, 7) is 4.29. The topological polar surface area (TPSA) is 50.2 Å². The number of nitrogens with one attached hydrogen (secondary N) is 1. The Balaban J connectivity index is 1.72. The van der Waals surface area contributed by atoms with E-state index in [1.54, 1.807) is 4.90 Å². The molecule has 1 N–H and O–H groups in total. The molecule has 0 spiro atoms. The van der Waals surface area contributed by atoms with Crippen LogP contribution in [-0.2, 0) is 17.5 Å². The number of likely N-dealkylation sites (tertiary alicyclic amines) is 1. The second kappa shape index (κ2) is 5.42. The van der Waals surface area contributed by atoms with Gasteiger partial charge in [-0.1, -0.05) is 11.6 Å². The highest BCUT2D eigenvalue weighted by atomic mass is 35.5. The van der Waals surface area contributed by atoms with Crippen LogP contribution in [0.15, 0.2) is 0 Å². The van der Waals surface area contributed by atoms with Crippen LogP contribution >= 0.6 is 11.6 Å². The number of carbonyl (C=O) groups is 1. The van der Waals surface area contributed by atoms with E-state index in [0.717, 1.165) is 17.8 Å². The van der Waals surface area contributed by atoms with E-state index in [-0.39, 0.29) is 18.1 Å². The third-order valence-electron chi connectivity index (χ3n) is 4.43. The minimum atomic E-state index is -4.62.